The van der Waals surface area contributed by atoms with Gasteiger partial charge in [-0.05, 0) is 20.4 Å². The second kappa shape index (κ2) is 5.44. The number of thiazole rings is 1. The summed E-state index contributed by atoms with van der Waals surface area (Å²) in [5.74, 6) is 0. The molecule has 80 valence electrons. The van der Waals surface area contributed by atoms with Gasteiger partial charge >= 0.3 is 0 Å². The van der Waals surface area contributed by atoms with Gasteiger partial charge in [-0.2, -0.15) is 0 Å². The van der Waals surface area contributed by atoms with E-state index in [1.165, 1.54) is 4.88 Å². The Kier molecular flexibility index (Phi) is 4.51. The van der Waals surface area contributed by atoms with Crippen LogP contribution in [0, 0.1) is 13.8 Å². The number of aliphatic hydroxyl groups is 1. The molecule has 0 aliphatic rings. The van der Waals surface area contributed by atoms with Crippen LogP contribution in [0.15, 0.2) is 0 Å². The van der Waals surface area contributed by atoms with E-state index in [0.29, 0.717) is 0 Å². The molecule has 14 heavy (non-hydrogen) atoms. The van der Waals surface area contributed by atoms with Crippen molar-refractivity contribution >= 4 is 11.3 Å². The molecule has 0 unspecified atom stereocenters. The molecule has 0 aliphatic heterocycles. The first-order valence-corrected chi connectivity index (χ1v) is 5.75. The van der Waals surface area contributed by atoms with Gasteiger partial charge in [-0.25, -0.2) is 4.98 Å². The number of aliphatic hydroxyl groups excluding tert-OH is 1. The zero-order valence-corrected chi connectivity index (χ0v) is 9.89. The van der Waals surface area contributed by atoms with Gasteiger partial charge in [0.1, 0.15) is 5.01 Å². The molecule has 0 atom stereocenters. The van der Waals surface area contributed by atoms with E-state index in [9.17, 15) is 0 Å². The smallest absolute Gasteiger partial charge is 0.107 e. The minimum absolute atomic E-state index is 0.219. The molecule has 1 N–H and O–H groups in total. The Morgan fingerprint density at radius 3 is 2.57 bits per heavy atom. The lowest BCUT2D eigenvalue weighted by atomic mass is 10.4. The summed E-state index contributed by atoms with van der Waals surface area (Å²) >= 11 is 1.75. The van der Waals surface area contributed by atoms with Crippen LogP contribution in [0.3, 0.4) is 0 Å². The van der Waals surface area contributed by atoms with Gasteiger partial charge in [0.2, 0.25) is 0 Å². The van der Waals surface area contributed by atoms with Crippen LogP contribution in [0.25, 0.3) is 0 Å². The maximum atomic E-state index is 8.85. The van der Waals surface area contributed by atoms with Crippen molar-refractivity contribution < 1.29 is 5.11 Å². The first-order chi connectivity index (χ1) is 6.67. The lowest BCUT2D eigenvalue weighted by Gasteiger charge is -2.16. The van der Waals surface area contributed by atoms with E-state index in [2.05, 4.69) is 23.7 Å². The predicted molar refractivity (Wildman–Crippen MR) is 59.6 cm³/mol. The quantitative estimate of drug-likeness (QED) is 0.808. The number of aryl methyl sites for hydroxylation is 2. The van der Waals surface area contributed by atoms with Crippen molar-refractivity contribution in [3.05, 3.63) is 15.6 Å². The minimum atomic E-state index is 0.219. The zero-order chi connectivity index (χ0) is 10.6. The third-order valence-corrected chi connectivity index (χ3v) is 3.35. The fraction of sp³-hybridized carbons (Fsp3) is 0.700. The van der Waals surface area contributed by atoms with E-state index in [1.807, 2.05) is 6.92 Å². The Labute approximate surface area is 89.4 Å². The summed E-state index contributed by atoms with van der Waals surface area (Å²) < 4.78 is 0. The number of likely N-dealkylation sites (N-methyl/N-ethyl adjacent to an activating group) is 1. The summed E-state index contributed by atoms with van der Waals surface area (Å²) in [5.41, 5.74) is 1.13. The van der Waals surface area contributed by atoms with Gasteiger partial charge in [0, 0.05) is 11.4 Å². The highest BCUT2D eigenvalue weighted by Gasteiger charge is 2.07. The average molecular weight is 214 g/mol. The Bertz CT molecular complexity index is 266. The fourth-order valence-corrected chi connectivity index (χ4v) is 2.26. The topological polar surface area (TPSA) is 36.4 Å². The Morgan fingerprint density at radius 1 is 1.43 bits per heavy atom. The van der Waals surface area contributed by atoms with E-state index in [-0.39, 0.29) is 6.61 Å². The van der Waals surface area contributed by atoms with E-state index < -0.39 is 0 Å². The number of hydrogen-bond donors (Lipinski definition) is 1. The Balaban J connectivity index is 2.57. The van der Waals surface area contributed by atoms with Crippen LogP contribution < -0.4 is 0 Å². The molecule has 0 fully saturated rings. The molecule has 0 saturated carbocycles. The third-order valence-electron chi connectivity index (χ3n) is 2.30. The second-order valence-corrected chi connectivity index (χ2v) is 4.63. The van der Waals surface area contributed by atoms with Crippen LogP contribution in [-0.4, -0.2) is 34.7 Å². The lowest BCUT2D eigenvalue weighted by molar-refractivity contribution is 0.196. The molecule has 0 aromatic carbocycles. The van der Waals surface area contributed by atoms with Gasteiger partial charge in [0.05, 0.1) is 18.8 Å². The van der Waals surface area contributed by atoms with E-state index in [4.69, 9.17) is 5.11 Å². The number of aromatic nitrogens is 1. The normalized spacial score (nSPS) is 11.2. The average Bonchev–Trinajstić information content (AvgIpc) is 2.45. The highest BCUT2D eigenvalue weighted by atomic mass is 32.1. The van der Waals surface area contributed by atoms with Gasteiger partial charge in [-0.3, -0.25) is 4.90 Å². The minimum Gasteiger partial charge on any atom is -0.395 e. The van der Waals surface area contributed by atoms with Gasteiger partial charge in [-0.15, -0.1) is 11.3 Å². The van der Waals surface area contributed by atoms with E-state index >= 15 is 0 Å². The van der Waals surface area contributed by atoms with Crippen molar-refractivity contribution in [2.45, 2.75) is 27.3 Å². The molecule has 0 amide bonds. The first-order valence-electron chi connectivity index (χ1n) is 4.93. The summed E-state index contributed by atoms with van der Waals surface area (Å²) in [4.78, 5) is 7.96. The molecule has 1 aromatic rings. The molecule has 4 heteroatoms. The molecule has 0 bridgehead atoms. The molecular weight excluding hydrogens is 196 g/mol. The van der Waals surface area contributed by atoms with Crippen molar-refractivity contribution in [3.63, 3.8) is 0 Å². The van der Waals surface area contributed by atoms with Gasteiger partial charge in [0.25, 0.3) is 0 Å². The van der Waals surface area contributed by atoms with Gasteiger partial charge < -0.3 is 5.11 Å². The number of nitrogens with zero attached hydrogens (tertiary/aromatic N) is 2. The zero-order valence-electron chi connectivity index (χ0n) is 9.08. The highest BCUT2D eigenvalue weighted by Crippen LogP contribution is 2.17. The largest absolute Gasteiger partial charge is 0.395 e. The highest BCUT2D eigenvalue weighted by molar-refractivity contribution is 7.11. The van der Waals surface area contributed by atoms with Gasteiger partial charge in [0.15, 0.2) is 0 Å². The molecule has 1 aromatic heterocycles. The molecule has 0 aliphatic carbocycles. The van der Waals surface area contributed by atoms with Crippen LogP contribution in [0.5, 0.6) is 0 Å². The van der Waals surface area contributed by atoms with Crippen molar-refractivity contribution in [2.24, 2.45) is 0 Å². The van der Waals surface area contributed by atoms with Gasteiger partial charge in [-0.1, -0.05) is 6.92 Å². The Hall–Kier alpha value is -0.450. The Morgan fingerprint density at radius 2 is 2.14 bits per heavy atom. The first kappa shape index (κ1) is 11.6. The summed E-state index contributed by atoms with van der Waals surface area (Å²) in [7, 11) is 0. The second-order valence-electron chi connectivity index (χ2n) is 3.34. The molecule has 0 saturated heterocycles. The fourth-order valence-electron chi connectivity index (χ4n) is 1.29. The van der Waals surface area contributed by atoms with Crippen molar-refractivity contribution in [2.75, 3.05) is 19.7 Å². The molecule has 1 rings (SSSR count). The van der Waals surface area contributed by atoms with Crippen LogP contribution in [0.2, 0.25) is 0 Å². The maximum Gasteiger partial charge on any atom is 0.107 e. The summed E-state index contributed by atoms with van der Waals surface area (Å²) in [5, 5.41) is 10.00. The van der Waals surface area contributed by atoms with Crippen LogP contribution in [0.1, 0.15) is 22.5 Å². The monoisotopic (exact) mass is 214 g/mol. The van der Waals surface area contributed by atoms with E-state index in [1.54, 1.807) is 11.3 Å². The van der Waals surface area contributed by atoms with Crippen molar-refractivity contribution in [3.8, 4) is 0 Å². The SMILES string of the molecule is CCN(CCO)Cc1nc(C)c(C)s1. The summed E-state index contributed by atoms with van der Waals surface area (Å²) in [6.07, 6.45) is 0. The maximum absolute atomic E-state index is 8.85. The number of hydrogen-bond acceptors (Lipinski definition) is 4. The summed E-state index contributed by atoms with van der Waals surface area (Å²) in [6, 6.07) is 0. The summed E-state index contributed by atoms with van der Waals surface area (Å²) in [6.45, 7) is 9.00. The number of rotatable bonds is 5. The standard InChI is InChI=1S/C10H18N2OS/c1-4-12(5-6-13)7-10-11-8(2)9(3)14-10/h13H,4-7H2,1-3H3. The molecule has 1 heterocycles. The lowest BCUT2D eigenvalue weighted by Crippen LogP contribution is -2.25. The van der Waals surface area contributed by atoms with E-state index in [0.717, 1.165) is 30.3 Å². The molecule has 0 spiro atoms. The van der Waals surface area contributed by atoms with Crippen molar-refractivity contribution in [1.29, 1.82) is 0 Å². The van der Waals surface area contributed by atoms with Crippen LogP contribution >= 0.6 is 11.3 Å². The van der Waals surface area contributed by atoms with Crippen LogP contribution in [0.4, 0.5) is 0 Å². The van der Waals surface area contributed by atoms with Crippen molar-refractivity contribution in [1.82, 2.24) is 9.88 Å². The predicted octanol–water partition coefficient (Wildman–Crippen LogP) is 1.57. The van der Waals surface area contributed by atoms with Crippen LogP contribution in [-0.2, 0) is 6.54 Å². The third kappa shape index (κ3) is 3.04. The molecule has 0 radical (unpaired) electrons. The molecular formula is C10H18N2OS. The molecule has 3 nitrogen and oxygen atoms in total.